The van der Waals surface area contributed by atoms with E-state index >= 15 is 0 Å². The maximum atomic E-state index is 13.3. The van der Waals surface area contributed by atoms with Gasteiger partial charge in [0, 0.05) is 18.3 Å². The van der Waals surface area contributed by atoms with Gasteiger partial charge in [0.1, 0.15) is 0 Å². The summed E-state index contributed by atoms with van der Waals surface area (Å²) in [7, 11) is 0. The van der Waals surface area contributed by atoms with Crippen molar-refractivity contribution in [3.8, 4) is 16.4 Å². The Kier molecular flexibility index (Phi) is 7.67. The third-order valence-corrected chi connectivity index (χ3v) is 6.60. The maximum Gasteiger partial charge on any atom is 0.282 e. The molecule has 4 aromatic rings. The fourth-order valence-electron chi connectivity index (χ4n) is 3.80. The number of aliphatic imine (C=N–C) groups is 1. The predicted octanol–water partition coefficient (Wildman–Crippen LogP) is 6.61. The van der Waals surface area contributed by atoms with Crippen molar-refractivity contribution in [3.05, 3.63) is 70.5 Å². The van der Waals surface area contributed by atoms with E-state index in [-0.39, 0.29) is 5.56 Å². The van der Waals surface area contributed by atoms with Crippen LogP contribution in [0.4, 0.5) is 0 Å². The van der Waals surface area contributed by atoms with Crippen molar-refractivity contribution in [2.75, 3.05) is 6.54 Å². The molecule has 1 N–H and O–H groups in total. The number of aromatic nitrogens is 3. The van der Waals surface area contributed by atoms with Crippen LogP contribution in [0.3, 0.4) is 0 Å². The molecule has 4 rings (SSSR count). The number of unbranched alkanes of at least 4 members (excludes halogenated alkanes) is 6. The fourth-order valence-corrected chi connectivity index (χ4v) is 4.73. The standard InChI is InChI=1S/C26H30N4OS/c1-2-3-4-5-6-7-13-18-27-19-21-24(20-14-9-8-10-15-20)29-30(25(21)31)26-28-22-16-11-12-17-23(22)32-26/h8-12,14-17,19,29H,2-7,13,18H2,1H3. The molecule has 0 fully saturated rings. The van der Waals surface area contributed by atoms with Crippen molar-refractivity contribution in [2.24, 2.45) is 4.99 Å². The summed E-state index contributed by atoms with van der Waals surface area (Å²) < 4.78 is 2.60. The SMILES string of the molecule is CCCCCCCCCN=Cc1c(-c2ccccc2)[nH]n(-c2nc3ccccc3s2)c1=O. The number of aromatic amines is 1. The van der Waals surface area contributed by atoms with Gasteiger partial charge in [-0.05, 0) is 18.6 Å². The molecule has 0 spiro atoms. The largest absolute Gasteiger partial charge is 0.292 e. The number of para-hydroxylation sites is 1. The zero-order valence-corrected chi connectivity index (χ0v) is 19.4. The second-order valence-electron chi connectivity index (χ2n) is 8.03. The van der Waals surface area contributed by atoms with Crippen LogP contribution in [0.15, 0.2) is 64.4 Å². The Labute approximate surface area is 192 Å². The number of hydrogen-bond acceptors (Lipinski definition) is 4. The van der Waals surface area contributed by atoms with Gasteiger partial charge in [-0.3, -0.25) is 14.9 Å². The zero-order valence-electron chi connectivity index (χ0n) is 18.6. The fraction of sp³-hybridized carbons (Fsp3) is 0.346. The first-order valence-electron chi connectivity index (χ1n) is 11.5. The number of thiazole rings is 1. The molecular weight excluding hydrogens is 416 g/mol. The van der Waals surface area contributed by atoms with E-state index < -0.39 is 0 Å². The van der Waals surface area contributed by atoms with Crippen molar-refractivity contribution < 1.29 is 0 Å². The molecule has 0 aliphatic rings. The normalized spacial score (nSPS) is 11.7. The first kappa shape index (κ1) is 22.2. The van der Waals surface area contributed by atoms with Gasteiger partial charge in [0.25, 0.3) is 5.56 Å². The Morgan fingerprint density at radius 1 is 0.969 bits per heavy atom. The van der Waals surface area contributed by atoms with E-state index in [1.807, 2.05) is 54.6 Å². The molecule has 2 heterocycles. The van der Waals surface area contributed by atoms with Crippen LogP contribution in [0.5, 0.6) is 0 Å². The Hall–Kier alpha value is -2.99. The summed E-state index contributed by atoms with van der Waals surface area (Å²) in [5.41, 5.74) is 3.09. The lowest BCUT2D eigenvalue weighted by Crippen LogP contribution is -2.17. The summed E-state index contributed by atoms with van der Waals surface area (Å²) in [6.07, 6.45) is 10.5. The first-order valence-corrected chi connectivity index (χ1v) is 12.4. The van der Waals surface area contributed by atoms with Crippen molar-refractivity contribution in [1.29, 1.82) is 0 Å². The molecule has 0 atom stereocenters. The van der Waals surface area contributed by atoms with Crippen LogP contribution in [-0.2, 0) is 0 Å². The second-order valence-corrected chi connectivity index (χ2v) is 9.04. The summed E-state index contributed by atoms with van der Waals surface area (Å²) in [5, 5.41) is 3.92. The topological polar surface area (TPSA) is 63.0 Å². The number of H-pyrrole nitrogens is 1. The summed E-state index contributed by atoms with van der Waals surface area (Å²) in [6.45, 7) is 2.98. The molecule has 0 unspecified atom stereocenters. The first-order chi connectivity index (χ1) is 15.8. The van der Waals surface area contributed by atoms with Crippen LogP contribution in [0, 0.1) is 0 Å². The van der Waals surface area contributed by atoms with Gasteiger partial charge in [0.05, 0.1) is 21.5 Å². The minimum absolute atomic E-state index is 0.119. The highest BCUT2D eigenvalue weighted by Gasteiger charge is 2.17. The van der Waals surface area contributed by atoms with Crippen molar-refractivity contribution in [1.82, 2.24) is 14.8 Å². The smallest absolute Gasteiger partial charge is 0.282 e. The lowest BCUT2D eigenvalue weighted by Gasteiger charge is -2.00. The van der Waals surface area contributed by atoms with Crippen molar-refractivity contribution in [3.63, 3.8) is 0 Å². The van der Waals surface area contributed by atoms with E-state index in [1.165, 1.54) is 49.9 Å². The van der Waals surface area contributed by atoms with Crippen LogP contribution in [0.2, 0.25) is 0 Å². The summed E-state index contributed by atoms with van der Waals surface area (Å²) in [5.74, 6) is 0. The molecule has 0 bridgehead atoms. The average Bonchev–Trinajstić information content (AvgIpc) is 3.39. The van der Waals surface area contributed by atoms with E-state index in [2.05, 4.69) is 22.0 Å². The zero-order chi connectivity index (χ0) is 22.2. The van der Waals surface area contributed by atoms with Gasteiger partial charge in [-0.1, -0.05) is 99.3 Å². The minimum atomic E-state index is -0.119. The van der Waals surface area contributed by atoms with Crippen LogP contribution in [0.1, 0.15) is 57.4 Å². The lowest BCUT2D eigenvalue weighted by molar-refractivity contribution is 0.593. The lowest BCUT2D eigenvalue weighted by atomic mass is 10.1. The number of nitrogens with zero attached hydrogens (tertiary/aromatic N) is 3. The number of nitrogens with one attached hydrogen (secondary N) is 1. The second kappa shape index (κ2) is 11.0. The molecule has 32 heavy (non-hydrogen) atoms. The summed E-state index contributed by atoms with van der Waals surface area (Å²) in [4.78, 5) is 22.6. The molecule has 0 aliphatic heterocycles. The monoisotopic (exact) mass is 446 g/mol. The van der Waals surface area contributed by atoms with E-state index in [0.29, 0.717) is 10.7 Å². The van der Waals surface area contributed by atoms with Crippen LogP contribution in [0.25, 0.3) is 26.6 Å². The van der Waals surface area contributed by atoms with Crippen molar-refractivity contribution >= 4 is 27.8 Å². The van der Waals surface area contributed by atoms with E-state index in [0.717, 1.165) is 34.4 Å². The molecule has 6 heteroatoms. The summed E-state index contributed by atoms with van der Waals surface area (Å²) in [6, 6.07) is 17.9. The maximum absolute atomic E-state index is 13.3. The highest BCUT2D eigenvalue weighted by molar-refractivity contribution is 7.20. The van der Waals surface area contributed by atoms with Crippen LogP contribution >= 0.6 is 11.3 Å². The quantitative estimate of drug-likeness (QED) is 0.208. The third kappa shape index (κ3) is 5.25. The van der Waals surface area contributed by atoms with Gasteiger partial charge in [-0.2, -0.15) is 4.68 Å². The van der Waals surface area contributed by atoms with Gasteiger partial charge in [-0.25, -0.2) is 4.98 Å². The Bertz CT molecular complexity index is 1190. The molecule has 2 aromatic heterocycles. The van der Waals surface area contributed by atoms with Gasteiger partial charge in [0.2, 0.25) is 5.13 Å². The van der Waals surface area contributed by atoms with E-state index in [9.17, 15) is 4.79 Å². The predicted molar refractivity (Wildman–Crippen MR) is 135 cm³/mol. The Morgan fingerprint density at radius 2 is 1.69 bits per heavy atom. The Balaban J connectivity index is 1.55. The van der Waals surface area contributed by atoms with Crippen LogP contribution in [-0.4, -0.2) is 27.5 Å². The molecule has 0 saturated heterocycles. The Morgan fingerprint density at radius 3 is 2.47 bits per heavy atom. The molecule has 166 valence electrons. The van der Waals surface area contributed by atoms with Gasteiger partial charge in [0.15, 0.2) is 0 Å². The molecule has 5 nitrogen and oxygen atoms in total. The minimum Gasteiger partial charge on any atom is -0.292 e. The number of benzene rings is 2. The molecule has 0 radical (unpaired) electrons. The highest BCUT2D eigenvalue weighted by atomic mass is 32.1. The van der Waals surface area contributed by atoms with E-state index in [4.69, 9.17) is 0 Å². The van der Waals surface area contributed by atoms with Gasteiger partial charge < -0.3 is 0 Å². The summed E-state index contributed by atoms with van der Waals surface area (Å²) >= 11 is 1.50. The highest BCUT2D eigenvalue weighted by Crippen LogP contribution is 2.25. The van der Waals surface area contributed by atoms with Gasteiger partial charge in [-0.15, -0.1) is 0 Å². The van der Waals surface area contributed by atoms with Crippen LogP contribution < -0.4 is 5.56 Å². The molecule has 0 aliphatic carbocycles. The molecule has 0 amide bonds. The number of rotatable bonds is 11. The molecular formula is C26H30N4OS. The van der Waals surface area contributed by atoms with Crippen molar-refractivity contribution in [2.45, 2.75) is 51.9 Å². The molecule has 0 saturated carbocycles. The molecule has 2 aromatic carbocycles. The van der Waals surface area contributed by atoms with E-state index in [1.54, 1.807) is 10.9 Å². The number of fused-ring (bicyclic) bond motifs is 1. The average molecular weight is 447 g/mol. The number of hydrogen-bond donors (Lipinski definition) is 1. The third-order valence-electron chi connectivity index (χ3n) is 5.57. The van der Waals surface area contributed by atoms with Gasteiger partial charge >= 0.3 is 0 Å².